The third-order valence-corrected chi connectivity index (χ3v) is 8.65. The van der Waals surface area contributed by atoms with Crippen LogP contribution in [0.15, 0.2) is 71.6 Å². The van der Waals surface area contributed by atoms with Gasteiger partial charge in [0.15, 0.2) is 9.84 Å². The van der Waals surface area contributed by atoms with Crippen LogP contribution in [-0.2, 0) is 21.1 Å². The maximum atomic E-state index is 13.2. The van der Waals surface area contributed by atoms with E-state index in [1.165, 1.54) is 31.4 Å². The molecule has 1 heterocycles. The quantitative estimate of drug-likeness (QED) is 0.350. The Morgan fingerprint density at radius 2 is 1.70 bits per heavy atom. The summed E-state index contributed by atoms with van der Waals surface area (Å²) < 4.78 is 31.4. The first-order chi connectivity index (χ1) is 19.1. The zero-order valence-corrected chi connectivity index (χ0v) is 23.0. The number of carbonyl (C=O) groups is 3. The van der Waals surface area contributed by atoms with Crippen LogP contribution in [0.1, 0.15) is 34.3 Å². The number of carboxylic acid groups (broad SMARTS) is 1. The first-order valence-electron chi connectivity index (χ1n) is 12.7. The van der Waals surface area contributed by atoms with Crippen LogP contribution < -0.4 is 15.4 Å². The zero-order chi connectivity index (χ0) is 28.9. The standard InChI is InChI=1S/C29H31N3O7S/c1-19-6-3-4-8-24(19)30-29(36)31-25-14-9-20(16-26(25)39-2)17-27(33)32-15-5-7-22(32)18-40(37,38)23-12-10-21(11-13-23)28(34)35/h3-4,6,8-14,16,22H,5,7,15,17-18H2,1-2H3,(H,34,35)(H2,30,31,36)/t22-/m0/s1. The SMILES string of the molecule is COc1cc(CC(=O)N2CCC[C@H]2CS(=O)(=O)c2ccc(C(=O)O)cc2)ccc1NC(=O)Nc1ccccc1C. The van der Waals surface area contributed by atoms with Crippen LogP contribution in [0, 0.1) is 6.92 Å². The summed E-state index contributed by atoms with van der Waals surface area (Å²) in [5, 5.41) is 14.6. The fourth-order valence-electron chi connectivity index (χ4n) is 4.71. The smallest absolute Gasteiger partial charge is 0.335 e. The number of hydrogen-bond acceptors (Lipinski definition) is 6. The van der Waals surface area contributed by atoms with Crippen LogP contribution in [0.25, 0.3) is 0 Å². The predicted molar refractivity (Wildman–Crippen MR) is 151 cm³/mol. The molecule has 0 saturated carbocycles. The number of para-hydroxylation sites is 1. The van der Waals surface area contributed by atoms with Gasteiger partial charge in [-0.05, 0) is 73.4 Å². The van der Waals surface area contributed by atoms with Gasteiger partial charge in [-0.3, -0.25) is 4.79 Å². The van der Waals surface area contributed by atoms with E-state index >= 15 is 0 Å². The Balaban J connectivity index is 1.40. The summed E-state index contributed by atoms with van der Waals surface area (Å²) in [6.07, 6.45) is 1.28. The summed E-state index contributed by atoms with van der Waals surface area (Å²) in [5.41, 5.74) is 2.69. The number of sulfone groups is 1. The van der Waals surface area contributed by atoms with Gasteiger partial charge in [0.1, 0.15) is 5.75 Å². The van der Waals surface area contributed by atoms with Crippen molar-refractivity contribution in [1.82, 2.24) is 4.90 Å². The van der Waals surface area contributed by atoms with Gasteiger partial charge in [-0.15, -0.1) is 0 Å². The van der Waals surface area contributed by atoms with Crippen molar-refractivity contribution in [2.45, 2.75) is 37.1 Å². The molecular weight excluding hydrogens is 534 g/mol. The van der Waals surface area contributed by atoms with E-state index < -0.39 is 27.9 Å². The van der Waals surface area contributed by atoms with Crippen molar-refractivity contribution in [2.75, 3.05) is 30.0 Å². The molecule has 3 aromatic rings. The van der Waals surface area contributed by atoms with Crippen LogP contribution in [-0.4, -0.2) is 61.8 Å². The average molecular weight is 566 g/mol. The van der Waals surface area contributed by atoms with Gasteiger partial charge in [-0.2, -0.15) is 0 Å². The fourth-order valence-corrected chi connectivity index (χ4v) is 6.30. The Bertz CT molecular complexity index is 1520. The minimum absolute atomic E-state index is 0.000174. The summed E-state index contributed by atoms with van der Waals surface area (Å²) in [4.78, 5) is 38.4. The van der Waals surface area contributed by atoms with E-state index in [0.717, 1.165) is 5.56 Å². The van der Waals surface area contributed by atoms with Gasteiger partial charge < -0.3 is 25.4 Å². The molecule has 0 aromatic heterocycles. The van der Waals surface area contributed by atoms with E-state index in [9.17, 15) is 22.8 Å². The molecule has 1 aliphatic rings. The number of anilines is 2. The van der Waals surface area contributed by atoms with Gasteiger partial charge in [0, 0.05) is 18.3 Å². The average Bonchev–Trinajstić information content (AvgIpc) is 3.38. The molecule has 1 fully saturated rings. The molecular formula is C29H31N3O7S. The number of aromatic carboxylic acids is 1. The Labute approximate surface area is 232 Å². The van der Waals surface area contributed by atoms with Crippen molar-refractivity contribution in [3.05, 3.63) is 83.4 Å². The Morgan fingerprint density at radius 3 is 2.38 bits per heavy atom. The maximum absolute atomic E-state index is 13.2. The third-order valence-electron chi connectivity index (χ3n) is 6.83. The van der Waals surface area contributed by atoms with Crippen LogP contribution >= 0.6 is 0 Å². The number of hydrogen-bond donors (Lipinski definition) is 3. The van der Waals surface area contributed by atoms with E-state index in [1.54, 1.807) is 29.2 Å². The molecule has 0 aliphatic carbocycles. The van der Waals surface area contributed by atoms with Gasteiger partial charge >= 0.3 is 12.0 Å². The van der Waals surface area contributed by atoms with Crippen LogP contribution in [0.5, 0.6) is 5.75 Å². The number of likely N-dealkylation sites (tertiary alicyclic amines) is 1. The lowest BCUT2D eigenvalue weighted by Crippen LogP contribution is -2.40. The highest BCUT2D eigenvalue weighted by Crippen LogP contribution is 2.28. The highest BCUT2D eigenvalue weighted by Gasteiger charge is 2.33. The van der Waals surface area contributed by atoms with Gasteiger partial charge in [0.25, 0.3) is 0 Å². The third kappa shape index (κ3) is 6.78. The molecule has 0 spiro atoms. The van der Waals surface area contributed by atoms with E-state index in [1.807, 2.05) is 25.1 Å². The molecule has 3 N–H and O–H groups in total. The molecule has 0 bridgehead atoms. The second-order valence-corrected chi connectivity index (χ2v) is 11.6. The number of nitrogens with zero attached hydrogens (tertiary/aromatic N) is 1. The van der Waals surface area contributed by atoms with Crippen molar-refractivity contribution in [1.29, 1.82) is 0 Å². The summed E-state index contributed by atoms with van der Waals surface area (Å²) >= 11 is 0. The topological polar surface area (TPSA) is 142 Å². The molecule has 210 valence electrons. The predicted octanol–water partition coefficient (Wildman–Crippen LogP) is 4.35. The number of ether oxygens (including phenoxy) is 1. The van der Waals surface area contributed by atoms with Gasteiger partial charge in [-0.1, -0.05) is 24.3 Å². The lowest BCUT2D eigenvalue weighted by Gasteiger charge is -2.25. The molecule has 11 heteroatoms. The zero-order valence-electron chi connectivity index (χ0n) is 22.2. The lowest BCUT2D eigenvalue weighted by molar-refractivity contribution is -0.130. The number of rotatable bonds is 9. The van der Waals surface area contributed by atoms with Crippen LogP contribution in [0.2, 0.25) is 0 Å². The van der Waals surface area contributed by atoms with Gasteiger partial charge in [0.2, 0.25) is 5.91 Å². The molecule has 0 radical (unpaired) electrons. The van der Waals surface area contributed by atoms with Crippen molar-refractivity contribution in [2.24, 2.45) is 0 Å². The van der Waals surface area contributed by atoms with E-state index in [-0.39, 0.29) is 28.5 Å². The van der Waals surface area contributed by atoms with Gasteiger partial charge in [0.05, 0.1) is 35.4 Å². The molecule has 40 heavy (non-hydrogen) atoms. The summed E-state index contributed by atoms with van der Waals surface area (Å²) in [6.45, 7) is 2.34. The summed E-state index contributed by atoms with van der Waals surface area (Å²) in [6, 6.07) is 16.6. The van der Waals surface area contributed by atoms with Crippen molar-refractivity contribution >= 4 is 39.1 Å². The first kappa shape index (κ1) is 28.6. The first-order valence-corrected chi connectivity index (χ1v) is 14.4. The molecule has 10 nitrogen and oxygen atoms in total. The minimum atomic E-state index is -3.73. The Morgan fingerprint density at radius 1 is 1.00 bits per heavy atom. The van der Waals surface area contributed by atoms with Gasteiger partial charge in [-0.25, -0.2) is 18.0 Å². The molecule has 0 unspecified atom stereocenters. The monoisotopic (exact) mass is 565 g/mol. The van der Waals surface area contributed by atoms with Crippen molar-refractivity contribution in [3.8, 4) is 5.75 Å². The Hall–Kier alpha value is -4.38. The largest absolute Gasteiger partial charge is 0.495 e. The normalized spacial score (nSPS) is 14.9. The number of carboxylic acids is 1. The van der Waals surface area contributed by atoms with E-state index in [0.29, 0.717) is 42.1 Å². The Kier molecular flexibility index (Phi) is 8.73. The van der Waals surface area contributed by atoms with Crippen LogP contribution in [0.4, 0.5) is 16.2 Å². The molecule has 3 amide bonds. The second kappa shape index (κ2) is 12.2. The molecule has 4 rings (SSSR count). The van der Waals surface area contributed by atoms with Crippen molar-refractivity contribution in [3.63, 3.8) is 0 Å². The minimum Gasteiger partial charge on any atom is -0.495 e. The molecule has 1 aliphatic heterocycles. The number of nitrogens with one attached hydrogen (secondary N) is 2. The number of carbonyl (C=O) groups excluding carboxylic acids is 2. The lowest BCUT2D eigenvalue weighted by atomic mass is 10.1. The number of methoxy groups -OCH3 is 1. The van der Waals surface area contributed by atoms with Crippen molar-refractivity contribution < 1.29 is 32.6 Å². The van der Waals surface area contributed by atoms with E-state index in [2.05, 4.69) is 10.6 Å². The maximum Gasteiger partial charge on any atom is 0.335 e. The number of aryl methyl sites for hydroxylation is 1. The number of urea groups is 1. The van der Waals surface area contributed by atoms with Crippen LogP contribution in [0.3, 0.4) is 0 Å². The molecule has 1 saturated heterocycles. The number of benzene rings is 3. The number of amides is 3. The summed E-state index contributed by atoms with van der Waals surface area (Å²) in [7, 11) is -2.26. The highest BCUT2D eigenvalue weighted by molar-refractivity contribution is 7.91. The van der Waals surface area contributed by atoms with E-state index in [4.69, 9.17) is 9.84 Å². The molecule has 1 atom stereocenters. The fraction of sp³-hybridized carbons (Fsp3) is 0.276. The second-order valence-electron chi connectivity index (χ2n) is 9.60. The summed E-state index contributed by atoms with van der Waals surface area (Å²) in [5.74, 6) is -1.20. The highest BCUT2D eigenvalue weighted by atomic mass is 32.2. The molecule has 3 aromatic carbocycles.